The van der Waals surface area contributed by atoms with Crippen LogP contribution < -0.4 is 10.6 Å². The largest absolute Gasteiger partial charge is 0.444 e. The van der Waals surface area contributed by atoms with Gasteiger partial charge >= 0.3 is 0 Å². The van der Waals surface area contributed by atoms with Crippen molar-refractivity contribution >= 4 is 5.96 Å². The first-order valence-corrected chi connectivity index (χ1v) is 8.85. The van der Waals surface area contributed by atoms with E-state index in [1.807, 2.05) is 43.3 Å². The molecule has 1 aromatic heterocycles. The summed E-state index contributed by atoms with van der Waals surface area (Å²) in [6.07, 6.45) is 2.43. The second-order valence-corrected chi connectivity index (χ2v) is 6.18. The van der Waals surface area contributed by atoms with E-state index in [0.29, 0.717) is 24.9 Å². The van der Waals surface area contributed by atoms with Crippen LogP contribution in [-0.4, -0.2) is 24.5 Å². The van der Waals surface area contributed by atoms with E-state index in [0.717, 1.165) is 28.8 Å². The van der Waals surface area contributed by atoms with Crippen molar-refractivity contribution < 1.29 is 8.81 Å². The van der Waals surface area contributed by atoms with Gasteiger partial charge in [0.15, 0.2) is 5.96 Å². The molecule has 0 amide bonds. The maximum absolute atomic E-state index is 13.2. The van der Waals surface area contributed by atoms with Crippen molar-refractivity contribution in [2.45, 2.75) is 19.9 Å². The van der Waals surface area contributed by atoms with Crippen LogP contribution in [-0.2, 0) is 13.0 Å². The molecule has 0 aliphatic carbocycles. The molecule has 0 bridgehead atoms. The zero-order valence-corrected chi connectivity index (χ0v) is 15.5. The fourth-order valence-corrected chi connectivity index (χ4v) is 2.75. The summed E-state index contributed by atoms with van der Waals surface area (Å²) >= 11 is 0. The third-order valence-corrected chi connectivity index (χ3v) is 4.22. The summed E-state index contributed by atoms with van der Waals surface area (Å²) in [5.41, 5.74) is 3.81. The van der Waals surface area contributed by atoms with Crippen molar-refractivity contribution in [1.82, 2.24) is 15.6 Å². The maximum atomic E-state index is 13.2. The fourth-order valence-electron chi connectivity index (χ4n) is 2.75. The lowest BCUT2D eigenvalue weighted by Gasteiger charge is -2.11. The molecular weight excluding hydrogens is 343 g/mol. The Labute approximate surface area is 158 Å². The van der Waals surface area contributed by atoms with Gasteiger partial charge in [0.05, 0.1) is 12.2 Å². The van der Waals surface area contributed by atoms with Crippen molar-refractivity contribution in [3.8, 4) is 11.5 Å². The molecule has 0 fully saturated rings. The number of aryl methyl sites for hydroxylation is 1. The van der Waals surface area contributed by atoms with Gasteiger partial charge in [-0.15, -0.1) is 0 Å². The molecule has 140 valence electrons. The van der Waals surface area contributed by atoms with Crippen molar-refractivity contribution in [3.05, 3.63) is 77.4 Å². The standard InChI is InChI=1S/C21H23FN4O/c1-15-12-18(22)9-8-16(15)10-11-24-21(23-2)25-13-19-14-27-20(26-19)17-6-4-3-5-7-17/h3-9,12,14H,10-11,13H2,1-2H3,(H2,23,24,25). The molecule has 27 heavy (non-hydrogen) atoms. The quantitative estimate of drug-likeness (QED) is 0.516. The highest BCUT2D eigenvalue weighted by molar-refractivity contribution is 5.79. The number of nitrogens with one attached hydrogen (secondary N) is 2. The molecule has 0 aliphatic heterocycles. The third kappa shape index (κ3) is 5.17. The van der Waals surface area contributed by atoms with Gasteiger partial charge in [-0.2, -0.15) is 0 Å². The fraction of sp³-hybridized carbons (Fsp3) is 0.238. The van der Waals surface area contributed by atoms with E-state index in [1.54, 1.807) is 19.4 Å². The molecule has 0 atom stereocenters. The highest BCUT2D eigenvalue weighted by Gasteiger charge is 2.07. The summed E-state index contributed by atoms with van der Waals surface area (Å²) in [5.74, 6) is 1.07. The van der Waals surface area contributed by atoms with Crippen LogP contribution in [0.2, 0.25) is 0 Å². The van der Waals surface area contributed by atoms with E-state index >= 15 is 0 Å². The number of halogens is 1. The maximum Gasteiger partial charge on any atom is 0.226 e. The van der Waals surface area contributed by atoms with Crippen LogP contribution >= 0.6 is 0 Å². The van der Waals surface area contributed by atoms with Crippen molar-refractivity contribution in [3.63, 3.8) is 0 Å². The van der Waals surface area contributed by atoms with Crippen LogP contribution in [0.15, 0.2) is 64.2 Å². The van der Waals surface area contributed by atoms with E-state index in [2.05, 4.69) is 20.6 Å². The molecular formula is C21H23FN4O. The van der Waals surface area contributed by atoms with Crippen LogP contribution in [0, 0.1) is 12.7 Å². The van der Waals surface area contributed by atoms with E-state index in [-0.39, 0.29) is 5.82 Å². The van der Waals surface area contributed by atoms with Gasteiger partial charge in [0.1, 0.15) is 12.1 Å². The predicted octanol–water partition coefficient (Wildman–Crippen LogP) is 3.70. The van der Waals surface area contributed by atoms with E-state index in [9.17, 15) is 4.39 Å². The average molecular weight is 366 g/mol. The molecule has 0 spiro atoms. The molecule has 0 saturated carbocycles. The zero-order chi connectivity index (χ0) is 19.1. The minimum Gasteiger partial charge on any atom is -0.444 e. The number of rotatable bonds is 6. The minimum atomic E-state index is -0.204. The number of hydrogen-bond donors (Lipinski definition) is 2. The molecule has 0 saturated heterocycles. The van der Waals surface area contributed by atoms with E-state index in [1.165, 1.54) is 6.07 Å². The Morgan fingerprint density at radius 2 is 1.96 bits per heavy atom. The first-order valence-electron chi connectivity index (χ1n) is 8.85. The van der Waals surface area contributed by atoms with Gasteiger partial charge in [0.25, 0.3) is 0 Å². The van der Waals surface area contributed by atoms with E-state index in [4.69, 9.17) is 4.42 Å². The summed E-state index contributed by atoms with van der Waals surface area (Å²) in [5, 5.41) is 6.47. The molecule has 0 aliphatic rings. The molecule has 0 radical (unpaired) electrons. The van der Waals surface area contributed by atoms with Crippen LogP contribution in [0.1, 0.15) is 16.8 Å². The first kappa shape index (κ1) is 18.6. The zero-order valence-electron chi connectivity index (χ0n) is 15.5. The number of oxazole rings is 1. The smallest absolute Gasteiger partial charge is 0.226 e. The number of hydrogen-bond acceptors (Lipinski definition) is 3. The van der Waals surface area contributed by atoms with Crippen molar-refractivity contribution in [2.75, 3.05) is 13.6 Å². The summed E-state index contributed by atoms with van der Waals surface area (Å²) in [7, 11) is 1.72. The van der Waals surface area contributed by atoms with Crippen LogP contribution in [0.5, 0.6) is 0 Å². The Balaban J connectivity index is 1.49. The van der Waals surface area contributed by atoms with Gasteiger partial charge in [0, 0.05) is 19.2 Å². The van der Waals surface area contributed by atoms with Gasteiger partial charge in [0.2, 0.25) is 5.89 Å². The van der Waals surface area contributed by atoms with Gasteiger partial charge < -0.3 is 15.1 Å². The topological polar surface area (TPSA) is 62.5 Å². The Morgan fingerprint density at radius 1 is 1.15 bits per heavy atom. The lowest BCUT2D eigenvalue weighted by atomic mass is 10.1. The Morgan fingerprint density at radius 3 is 2.70 bits per heavy atom. The molecule has 5 nitrogen and oxygen atoms in total. The van der Waals surface area contributed by atoms with Gasteiger partial charge in [-0.3, -0.25) is 4.99 Å². The number of guanidine groups is 1. The van der Waals surface area contributed by atoms with E-state index < -0.39 is 0 Å². The molecule has 6 heteroatoms. The molecule has 3 rings (SSSR count). The highest BCUT2D eigenvalue weighted by Crippen LogP contribution is 2.17. The van der Waals surface area contributed by atoms with Crippen LogP contribution in [0.25, 0.3) is 11.5 Å². The Kier molecular flexibility index (Phi) is 6.20. The minimum absolute atomic E-state index is 0.204. The SMILES string of the molecule is CN=C(NCCc1ccc(F)cc1C)NCc1coc(-c2ccccc2)n1. The van der Waals surface area contributed by atoms with Crippen molar-refractivity contribution in [2.24, 2.45) is 4.99 Å². The summed E-state index contributed by atoms with van der Waals surface area (Å²) < 4.78 is 18.7. The number of aromatic nitrogens is 1. The molecule has 2 N–H and O–H groups in total. The second kappa shape index (κ2) is 8.98. The lowest BCUT2D eigenvalue weighted by molar-refractivity contribution is 0.572. The second-order valence-electron chi connectivity index (χ2n) is 6.18. The Bertz CT molecular complexity index is 906. The first-order chi connectivity index (χ1) is 13.2. The van der Waals surface area contributed by atoms with Crippen molar-refractivity contribution in [1.29, 1.82) is 0 Å². The normalized spacial score (nSPS) is 11.4. The summed E-state index contributed by atoms with van der Waals surface area (Å²) in [6, 6.07) is 14.6. The van der Waals surface area contributed by atoms with Crippen LogP contribution in [0.4, 0.5) is 4.39 Å². The van der Waals surface area contributed by atoms with Gasteiger partial charge in [-0.05, 0) is 48.7 Å². The average Bonchev–Trinajstić information content (AvgIpc) is 3.16. The summed E-state index contributed by atoms with van der Waals surface area (Å²) in [6.45, 7) is 3.12. The van der Waals surface area contributed by atoms with Crippen LogP contribution in [0.3, 0.4) is 0 Å². The molecule has 2 aromatic carbocycles. The molecule has 1 heterocycles. The predicted molar refractivity (Wildman–Crippen MR) is 105 cm³/mol. The molecule has 0 unspecified atom stereocenters. The highest BCUT2D eigenvalue weighted by atomic mass is 19.1. The third-order valence-electron chi connectivity index (χ3n) is 4.22. The molecule has 3 aromatic rings. The number of nitrogens with zero attached hydrogens (tertiary/aromatic N) is 2. The monoisotopic (exact) mass is 366 g/mol. The Hall–Kier alpha value is -3.15. The van der Waals surface area contributed by atoms with Gasteiger partial charge in [-0.1, -0.05) is 24.3 Å². The van der Waals surface area contributed by atoms with Gasteiger partial charge in [-0.25, -0.2) is 9.37 Å². The summed E-state index contributed by atoms with van der Waals surface area (Å²) in [4.78, 5) is 8.70. The number of benzene rings is 2. The number of aliphatic imine (C=N–C) groups is 1. The lowest BCUT2D eigenvalue weighted by Crippen LogP contribution is -2.38.